The van der Waals surface area contributed by atoms with Gasteiger partial charge in [0.15, 0.2) is 0 Å². The standard InChI is InChI=1S/C21H25.C12H14.C5H5.2CH3.Zr/c1-20(2,3)16-7-9-18-14(12-16)11-15-13-17(21(4,5)6)8-10-19(15)18;1-2-6-11(7-3-1)10-12-8-4-5-9-12;1-2-4-5-3-1;;;/h7-13H,1-6H3;1-3,6-7,12H,4-5,8-9H2;1-5H;2*1H3;/q-1;;3*-1;. The molecule has 0 heterocycles. The maximum absolute atomic E-state index is 2.35. The van der Waals surface area contributed by atoms with E-state index in [-0.39, 0.29) is 25.7 Å². The van der Waals surface area contributed by atoms with Crippen LogP contribution in [0.4, 0.5) is 0 Å². The molecule has 0 radical (unpaired) electrons. The largest absolute Gasteiger partial charge is 0.214 e. The van der Waals surface area contributed by atoms with Crippen LogP contribution in [0.5, 0.6) is 0 Å². The molecule has 1 aliphatic carbocycles. The van der Waals surface area contributed by atoms with E-state index in [9.17, 15) is 0 Å². The van der Waals surface area contributed by atoms with Crippen LogP contribution in [-0.4, -0.2) is 3.21 Å². The summed E-state index contributed by atoms with van der Waals surface area (Å²) in [5.74, 6) is 0.903. The molecule has 0 aromatic heterocycles. The SMILES string of the molecule is CC(C)(C)c1ccc2c(c1)[cH-]c1cc(C(C)(C)C)ccc12.[CH3-].[CH3-].[Zr]=[C](c1ccccc1)C1CCCC1.c1cc[cH-]c1. The Kier molecular flexibility index (Phi) is 12.9. The van der Waals surface area contributed by atoms with Crippen LogP contribution in [-0.2, 0) is 35.1 Å². The molecule has 1 aliphatic rings. The summed E-state index contributed by atoms with van der Waals surface area (Å²) < 4.78 is 1.69. The number of hydrogen-bond donors (Lipinski definition) is 0. The molecule has 0 nitrogen and oxygen atoms in total. The van der Waals surface area contributed by atoms with Gasteiger partial charge in [-0.25, -0.2) is 12.1 Å². The zero-order valence-electron chi connectivity index (χ0n) is 26.7. The second-order valence-corrected chi connectivity index (χ2v) is 14.3. The molecule has 0 unspecified atom stereocenters. The summed E-state index contributed by atoms with van der Waals surface area (Å²) in [5.41, 5.74) is 4.69. The number of hydrogen-bond acceptors (Lipinski definition) is 0. The first-order valence-corrected chi connectivity index (χ1v) is 15.7. The fourth-order valence-corrected chi connectivity index (χ4v) is 6.46. The van der Waals surface area contributed by atoms with Gasteiger partial charge in [0.1, 0.15) is 0 Å². The average Bonchev–Trinajstić information content (AvgIpc) is 3.70. The van der Waals surface area contributed by atoms with Crippen molar-refractivity contribution in [1.29, 1.82) is 0 Å². The van der Waals surface area contributed by atoms with Crippen molar-refractivity contribution in [2.45, 2.75) is 78.1 Å². The molecule has 0 atom stereocenters. The molecule has 1 saturated carbocycles. The Labute approximate surface area is 266 Å². The van der Waals surface area contributed by atoms with Gasteiger partial charge in [0, 0.05) is 0 Å². The Balaban J connectivity index is 0.000000250. The topological polar surface area (TPSA) is 0 Å². The van der Waals surface area contributed by atoms with E-state index < -0.39 is 0 Å². The van der Waals surface area contributed by atoms with Crippen molar-refractivity contribution in [1.82, 2.24) is 0 Å². The molecule has 218 valence electrons. The number of benzene rings is 3. The van der Waals surface area contributed by atoms with E-state index in [4.69, 9.17) is 0 Å². The molecule has 0 bridgehead atoms. The summed E-state index contributed by atoms with van der Waals surface area (Å²) in [6.45, 7) is 13.6. The monoisotopic (exact) mass is 620 g/mol. The van der Waals surface area contributed by atoms with Gasteiger partial charge in [-0.05, 0) is 10.8 Å². The summed E-state index contributed by atoms with van der Waals surface area (Å²) in [4.78, 5) is 0. The van der Waals surface area contributed by atoms with Gasteiger partial charge in [-0.1, -0.05) is 76.9 Å². The molecule has 6 rings (SSSR count). The average molecular weight is 622 g/mol. The summed E-state index contributed by atoms with van der Waals surface area (Å²) >= 11 is 1.61. The van der Waals surface area contributed by atoms with Gasteiger partial charge in [-0.3, -0.25) is 0 Å². The Morgan fingerprint density at radius 2 is 1.12 bits per heavy atom. The van der Waals surface area contributed by atoms with E-state index in [1.54, 1.807) is 27.4 Å². The Morgan fingerprint density at radius 3 is 1.51 bits per heavy atom. The minimum atomic E-state index is 0. The third kappa shape index (κ3) is 9.31. The molecule has 5 aromatic carbocycles. The smallest absolute Gasteiger partial charge is 0.172 e. The van der Waals surface area contributed by atoms with Crippen LogP contribution in [0.15, 0.2) is 103 Å². The summed E-state index contributed by atoms with van der Waals surface area (Å²) in [6.07, 6.45) is 5.73. The quantitative estimate of drug-likeness (QED) is 0.172. The fraction of sp³-hybridized carbons (Fsp3) is 0.325. The molecule has 41 heavy (non-hydrogen) atoms. The third-order valence-electron chi connectivity index (χ3n) is 7.84. The van der Waals surface area contributed by atoms with E-state index in [0.717, 1.165) is 5.92 Å². The molecule has 0 spiro atoms. The van der Waals surface area contributed by atoms with Crippen molar-refractivity contribution in [2.24, 2.45) is 5.92 Å². The predicted octanol–water partition coefficient (Wildman–Crippen LogP) is 11.6. The van der Waals surface area contributed by atoms with Gasteiger partial charge in [0.25, 0.3) is 0 Å². The van der Waals surface area contributed by atoms with Crippen molar-refractivity contribution >= 4 is 24.8 Å². The van der Waals surface area contributed by atoms with Gasteiger partial charge < -0.3 is 14.9 Å². The fourth-order valence-electron chi connectivity index (χ4n) is 5.34. The van der Waals surface area contributed by atoms with Gasteiger partial charge in [-0.2, -0.15) is 18.2 Å². The Morgan fingerprint density at radius 1 is 0.659 bits per heavy atom. The van der Waals surface area contributed by atoms with Gasteiger partial charge in [0.2, 0.25) is 0 Å². The van der Waals surface area contributed by atoms with Gasteiger partial charge in [0.05, 0.1) is 0 Å². The van der Waals surface area contributed by atoms with Crippen LogP contribution in [0, 0.1) is 20.8 Å². The van der Waals surface area contributed by atoms with Crippen molar-refractivity contribution < 1.29 is 24.2 Å². The van der Waals surface area contributed by atoms with Crippen LogP contribution in [0.25, 0.3) is 21.5 Å². The molecule has 1 heteroatoms. The van der Waals surface area contributed by atoms with Crippen LogP contribution >= 0.6 is 0 Å². The summed E-state index contributed by atoms with van der Waals surface area (Å²) in [5, 5.41) is 5.48. The van der Waals surface area contributed by atoms with E-state index in [1.165, 1.54) is 63.9 Å². The van der Waals surface area contributed by atoms with E-state index >= 15 is 0 Å². The van der Waals surface area contributed by atoms with E-state index in [0.29, 0.717) is 0 Å². The maximum atomic E-state index is 2.35. The summed E-state index contributed by atoms with van der Waals surface area (Å²) in [6, 6.07) is 37.1. The molecule has 0 amide bonds. The van der Waals surface area contributed by atoms with Crippen LogP contribution < -0.4 is 0 Å². The molecule has 5 aromatic rings. The third-order valence-corrected chi connectivity index (χ3v) is 9.55. The first kappa shape index (κ1) is 34.8. The second kappa shape index (κ2) is 15.2. The van der Waals surface area contributed by atoms with Gasteiger partial charge >= 0.3 is 94.9 Å². The second-order valence-electron chi connectivity index (χ2n) is 13.0. The first-order valence-electron chi connectivity index (χ1n) is 14.5. The Bertz CT molecular complexity index is 1380. The van der Waals surface area contributed by atoms with Crippen molar-refractivity contribution in [3.63, 3.8) is 0 Å². The minimum Gasteiger partial charge on any atom is -0.214 e. The molecule has 0 N–H and O–H groups in total. The molecule has 0 saturated heterocycles. The zero-order valence-corrected chi connectivity index (χ0v) is 29.2. The molecule has 1 fully saturated rings. The van der Waals surface area contributed by atoms with Crippen molar-refractivity contribution in [3.05, 3.63) is 135 Å². The van der Waals surface area contributed by atoms with Crippen LogP contribution in [0.3, 0.4) is 0 Å². The predicted molar refractivity (Wildman–Crippen MR) is 182 cm³/mol. The summed E-state index contributed by atoms with van der Waals surface area (Å²) in [7, 11) is 0. The maximum Gasteiger partial charge on any atom is -0.172 e. The normalized spacial score (nSPS) is 13.3. The van der Waals surface area contributed by atoms with Crippen LogP contribution in [0.2, 0.25) is 0 Å². The Hall–Kier alpha value is -2.37. The van der Waals surface area contributed by atoms with E-state index in [2.05, 4.69) is 114 Å². The van der Waals surface area contributed by atoms with Crippen molar-refractivity contribution in [3.8, 4) is 0 Å². The number of fused-ring (bicyclic) bond motifs is 3. The van der Waals surface area contributed by atoms with E-state index in [1.807, 2.05) is 30.3 Å². The molecular formula is C40H50Zr-4. The molecule has 0 aliphatic heterocycles. The van der Waals surface area contributed by atoms with Crippen LogP contribution in [0.1, 0.15) is 83.9 Å². The minimum absolute atomic E-state index is 0. The molecular weight excluding hydrogens is 572 g/mol. The zero-order chi connectivity index (χ0) is 28.0. The van der Waals surface area contributed by atoms with Crippen molar-refractivity contribution in [2.75, 3.05) is 0 Å². The van der Waals surface area contributed by atoms with Gasteiger partial charge in [-0.15, -0.1) is 39.7 Å². The number of rotatable bonds is 2. The first-order chi connectivity index (χ1) is 18.5.